The molecule has 0 spiro atoms. The van der Waals surface area contributed by atoms with Crippen molar-refractivity contribution < 1.29 is 4.79 Å². The molecule has 0 saturated carbocycles. The van der Waals surface area contributed by atoms with Crippen LogP contribution in [-0.2, 0) is 20.1 Å². The van der Waals surface area contributed by atoms with Crippen molar-refractivity contribution in [1.82, 2.24) is 29.4 Å². The molecule has 36 heavy (non-hydrogen) atoms. The van der Waals surface area contributed by atoms with Crippen molar-refractivity contribution >= 4 is 17.1 Å². The first kappa shape index (κ1) is 23.3. The van der Waals surface area contributed by atoms with Crippen LogP contribution < -0.4 is 11.0 Å². The molecule has 1 amide bonds. The highest BCUT2D eigenvalue weighted by molar-refractivity contribution is 5.94. The zero-order valence-corrected chi connectivity index (χ0v) is 20.5. The monoisotopic (exact) mass is 480 g/mol. The van der Waals surface area contributed by atoms with E-state index >= 15 is 0 Å². The number of rotatable bonds is 7. The summed E-state index contributed by atoms with van der Waals surface area (Å²) in [5.41, 5.74) is 5.49. The summed E-state index contributed by atoms with van der Waals surface area (Å²) in [5.74, 6) is 0.762. The molecule has 3 aromatic heterocycles. The molecular formula is C28H28N6O2. The molecule has 182 valence electrons. The molecule has 8 nitrogen and oxygen atoms in total. The minimum absolute atomic E-state index is 0.143. The number of hydrogen-bond donors (Lipinski definition) is 2. The second-order valence-corrected chi connectivity index (χ2v) is 9.25. The van der Waals surface area contributed by atoms with Crippen LogP contribution in [0.2, 0.25) is 0 Å². The molecule has 0 bridgehead atoms. The van der Waals surface area contributed by atoms with Gasteiger partial charge >= 0.3 is 5.69 Å². The van der Waals surface area contributed by atoms with Crippen LogP contribution >= 0.6 is 0 Å². The number of benzene rings is 2. The van der Waals surface area contributed by atoms with Gasteiger partial charge in [0.15, 0.2) is 11.5 Å². The van der Waals surface area contributed by atoms with Gasteiger partial charge in [-0.25, -0.2) is 14.8 Å². The number of H-pyrrole nitrogens is 1. The lowest BCUT2D eigenvalue weighted by molar-refractivity contribution is 0.0951. The van der Waals surface area contributed by atoms with E-state index in [1.165, 1.54) is 0 Å². The van der Waals surface area contributed by atoms with Crippen LogP contribution in [0, 0.1) is 0 Å². The van der Waals surface area contributed by atoms with Gasteiger partial charge in [0.25, 0.3) is 5.91 Å². The minimum Gasteiger partial charge on any atom is -0.357 e. The molecule has 5 rings (SSSR count). The number of carbonyl (C=O) groups is 1. The van der Waals surface area contributed by atoms with E-state index in [0.29, 0.717) is 41.6 Å². The third-order valence-corrected chi connectivity index (χ3v) is 6.24. The van der Waals surface area contributed by atoms with E-state index in [4.69, 9.17) is 4.98 Å². The summed E-state index contributed by atoms with van der Waals surface area (Å²) in [5, 5.41) is 2.93. The Hall–Kier alpha value is -4.46. The van der Waals surface area contributed by atoms with E-state index in [2.05, 4.69) is 35.2 Å². The fraction of sp³-hybridized carbons (Fsp3) is 0.214. The summed E-state index contributed by atoms with van der Waals surface area (Å²) >= 11 is 0. The van der Waals surface area contributed by atoms with Gasteiger partial charge in [-0.3, -0.25) is 9.36 Å². The molecule has 2 aromatic carbocycles. The lowest BCUT2D eigenvalue weighted by Gasteiger charge is -2.11. The molecular weight excluding hydrogens is 452 g/mol. The Morgan fingerprint density at radius 1 is 1.06 bits per heavy atom. The Labute approximate surface area is 208 Å². The number of nitrogens with zero attached hydrogens (tertiary/aromatic N) is 4. The largest absolute Gasteiger partial charge is 0.357 e. The van der Waals surface area contributed by atoms with Crippen molar-refractivity contribution in [2.24, 2.45) is 7.05 Å². The second-order valence-electron chi connectivity index (χ2n) is 9.25. The molecule has 0 aliphatic carbocycles. The van der Waals surface area contributed by atoms with Gasteiger partial charge in [-0.05, 0) is 40.8 Å². The van der Waals surface area contributed by atoms with E-state index in [9.17, 15) is 9.59 Å². The average molecular weight is 481 g/mol. The molecule has 0 aliphatic heterocycles. The van der Waals surface area contributed by atoms with E-state index < -0.39 is 0 Å². The number of imidazole rings is 1. The van der Waals surface area contributed by atoms with E-state index in [-0.39, 0.29) is 11.6 Å². The minimum atomic E-state index is -0.252. The highest BCUT2D eigenvalue weighted by atomic mass is 16.2. The molecule has 3 heterocycles. The summed E-state index contributed by atoms with van der Waals surface area (Å²) < 4.78 is 3.54. The van der Waals surface area contributed by atoms with E-state index in [1.54, 1.807) is 22.9 Å². The lowest BCUT2D eigenvalue weighted by Crippen LogP contribution is -2.22. The van der Waals surface area contributed by atoms with Crippen LogP contribution in [0.5, 0.6) is 0 Å². The third kappa shape index (κ3) is 4.70. The summed E-state index contributed by atoms with van der Waals surface area (Å²) in [4.78, 5) is 37.4. The maximum Gasteiger partial charge on any atom is 0.328 e. The number of hydrogen-bond acceptors (Lipinski definition) is 4. The van der Waals surface area contributed by atoms with Gasteiger partial charge in [0.2, 0.25) is 0 Å². The van der Waals surface area contributed by atoms with Crippen molar-refractivity contribution in [3.8, 4) is 11.4 Å². The Bertz CT molecular complexity index is 1590. The zero-order valence-electron chi connectivity index (χ0n) is 20.5. The van der Waals surface area contributed by atoms with Gasteiger partial charge in [0, 0.05) is 37.1 Å². The lowest BCUT2D eigenvalue weighted by atomic mass is 9.97. The van der Waals surface area contributed by atoms with Crippen LogP contribution in [0.25, 0.3) is 22.6 Å². The summed E-state index contributed by atoms with van der Waals surface area (Å²) in [6, 6.07) is 17.3. The number of aromatic nitrogens is 5. The number of nitrogens with one attached hydrogen (secondary N) is 2. The standard InChI is InChI=1S/C28H28N6O2/c1-18(2)22-6-4-5-7-23(22)25-29-15-24-26(32-25)34(28(36)31-24)17-19-8-10-21(11-9-19)27(35)30-14-20-12-13-33(3)16-20/h4-13,15-16,18H,14,17H2,1-3H3,(H,30,35)(H,31,36). The van der Waals surface area contributed by atoms with E-state index in [0.717, 1.165) is 22.3 Å². The van der Waals surface area contributed by atoms with Crippen molar-refractivity contribution in [3.05, 3.63) is 106 Å². The zero-order chi connectivity index (χ0) is 25.2. The molecule has 0 unspecified atom stereocenters. The molecule has 0 saturated heterocycles. The average Bonchev–Trinajstić information content (AvgIpc) is 3.44. The molecule has 0 atom stereocenters. The Kier molecular flexibility index (Phi) is 6.25. The fourth-order valence-corrected chi connectivity index (χ4v) is 4.32. The first-order valence-corrected chi connectivity index (χ1v) is 11.9. The maximum absolute atomic E-state index is 12.7. The van der Waals surface area contributed by atoms with Gasteiger partial charge < -0.3 is 14.9 Å². The van der Waals surface area contributed by atoms with Crippen molar-refractivity contribution in [2.45, 2.75) is 32.9 Å². The Morgan fingerprint density at radius 3 is 2.56 bits per heavy atom. The third-order valence-electron chi connectivity index (χ3n) is 6.24. The molecule has 0 fully saturated rings. The van der Waals surface area contributed by atoms with Crippen LogP contribution in [-0.4, -0.2) is 30.0 Å². The number of amides is 1. The predicted molar refractivity (Wildman–Crippen MR) is 140 cm³/mol. The molecule has 0 radical (unpaired) electrons. The van der Waals surface area contributed by atoms with Crippen LogP contribution in [0.4, 0.5) is 0 Å². The molecule has 2 N–H and O–H groups in total. The van der Waals surface area contributed by atoms with Crippen LogP contribution in [0.15, 0.2) is 78.0 Å². The summed E-state index contributed by atoms with van der Waals surface area (Å²) in [6.45, 7) is 5.06. The van der Waals surface area contributed by atoms with Gasteiger partial charge in [-0.15, -0.1) is 0 Å². The molecule has 8 heteroatoms. The number of aromatic amines is 1. The molecule has 0 aliphatic rings. The predicted octanol–water partition coefficient (Wildman–Crippen LogP) is 4.23. The second kappa shape index (κ2) is 9.65. The van der Waals surface area contributed by atoms with Gasteiger partial charge in [-0.2, -0.15) is 0 Å². The van der Waals surface area contributed by atoms with Gasteiger partial charge in [-0.1, -0.05) is 50.2 Å². The van der Waals surface area contributed by atoms with Gasteiger partial charge in [0.1, 0.15) is 5.52 Å². The number of fused-ring (bicyclic) bond motifs is 1. The normalized spacial score (nSPS) is 11.3. The van der Waals surface area contributed by atoms with Crippen molar-refractivity contribution in [3.63, 3.8) is 0 Å². The maximum atomic E-state index is 12.7. The summed E-state index contributed by atoms with van der Waals surface area (Å²) in [6.07, 6.45) is 5.57. The molecule has 5 aromatic rings. The topological polar surface area (TPSA) is 97.6 Å². The Morgan fingerprint density at radius 2 is 1.83 bits per heavy atom. The fourth-order valence-electron chi connectivity index (χ4n) is 4.32. The highest BCUT2D eigenvalue weighted by Crippen LogP contribution is 2.27. The SMILES string of the molecule is CC(C)c1ccccc1-c1ncc2[nH]c(=O)n(Cc3ccc(C(=O)NCc4ccn(C)c4)cc3)c2n1. The van der Waals surface area contributed by atoms with Crippen LogP contribution in [0.1, 0.15) is 46.8 Å². The highest BCUT2D eigenvalue weighted by Gasteiger charge is 2.15. The summed E-state index contributed by atoms with van der Waals surface area (Å²) in [7, 11) is 1.94. The van der Waals surface area contributed by atoms with Gasteiger partial charge in [0.05, 0.1) is 12.7 Å². The Balaban J connectivity index is 1.37. The smallest absolute Gasteiger partial charge is 0.328 e. The quantitative estimate of drug-likeness (QED) is 0.364. The van der Waals surface area contributed by atoms with Crippen molar-refractivity contribution in [1.29, 1.82) is 0 Å². The van der Waals surface area contributed by atoms with Crippen molar-refractivity contribution in [2.75, 3.05) is 0 Å². The first-order chi connectivity index (χ1) is 17.4. The number of aryl methyl sites for hydroxylation is 1. The van der Waals surface area contributed by atoms with Crippen LogP contribution in [0.3, 0.4) is 0 Å². The first-order valence-electron chi connectivity index (χ1n) is 11.9. The number of carbonyl (C=O) groups excluding carboxylic acids is 1. The van der Waals surface area contributed by atoms with E-state index in [1.807, 2.05) is 60.4 Å².